The Hall–Kier alpha value is -1.35. The number of carbonyl (C=O) groups is 1. The van der Waals surface area contributed by atoms with E-state index < -0.39 is 0 Å². The SMILES string of the molecule is CC(=O)N1CCCN(Cc2ccccc2)CC1C. The van der Waals surface area contributed by atoms with Gasteiger partial charge in [-0.25, -0.2) is 0 Å². The van der Waals surface area contributed by atoms with Gasteiger partial charge in [-0.15, -0.1) is 0 Å². The Morgan fingerprint density at radius 3 is 2.67 bits per heavy atom. The van der Waals surface area contributed by atoms with E-state index in [1.165, 1.54) is 5.56 Å². The van der Waals surface area contributed by atoms with Crippen molar-refractivity contribution in [3.8, 4) is 0 Å². The normalized spacial score (nSPS) is 21.7. The third-order valence-electron chi connectivity index (χ3n) is 3.58. The first kappa shape index (κ1) is 13.1. The van der Waals surface area contributed by atoms with Crippen molar-refractivity contribution in [2.24, 2.45) is 0 Å². The average Bonchev–Trinajstić information content (AvgIpc) is 2.52. The molecule has 1 aromatic carbocycles. The molecule has 1 aromatic rings. The lowest BCUT2D eigenvalue weighted by atomic mass is 10.2. The molecule has 1 fully saturated rings. The maximum atomic E-state index is 11.5. The number of benzene rings is 1. The molecule has 98 valence electrons. The topological polar surface area (TPSA) is 23.6 Å². The predicted molar refractivity (Wildman–Crippen MR) is 73.2 cm³/mol. The van der Waals surface area contributed by atoms with Crippen LogP contribution in [0, 0.1) is 0 Å². The number of rotatable bonds is 2. The lowest BCUT2D eigenvalue weighted by molar-refractivity contribution is -0.130. The summed E-state index contributed by atoms with van der Waals surface area (Å²) < 4.78 is 0. The highest BCUT2D eigenvalue weighted by Gasteiger charge is 2.22. The average molecular weight is 246 g/mol. The molecule has 0 bridgehead atoms. The second kappa shape index (κ2) is 6.01. The van der Waals surface area contributed by atoms with E-state index in [1.807, 2.05) is 11.0 Å². The smallest absolute Gasteiger partial charge is 0.219 e. The molecule has 0 spiro atoms. The number of hydrogen-bond acceptors (Lipinski definition) is 2. The fourth-order valence-corrected chi connectivity index (χ4v) is 2.70. The molecular formula is C15H22N2O. The van der Waals surface area contributed by atoms with Crippen molar-refractivity contribution in [3.63, 3.8) is 0 Å². The van der Waals surface area contributed by atoms with Crippen LogP contribution >= 0.6 is 0 Å². The van der Waals surface area contributed by atoms with Crippen LogP contribution in [0.5, 0.6) is 0 Å². The van der Waals surface area contributed by atoms with Crippen molar-refractivity contribution in [2.75, 3.05) is 19.6 Å². The first-order chi connectivity index (χ1) is 8.66. The molecule has 1 amide bonds. The summed E-state index contributed by atoms with van der Waals surface area (Å²) in [6.45, 7) is 7.73. The quantitative estimate of drug-likeness (QED) is 0.798. The zero-order valence-corrected chi connectivity index (χ0v) is 11.3. The van der Waals surface area contributed by atoms with E-state index in [0.29, 0.717) is 6.04 Å². The van der Waals surface area contributed by atoms with E-state index in [9.17, 15) is 4.79 Å². The van der Waals surface area contributed by atoms with Gasteiger partial charge < -0.3 is 4.90 Å². The highest BCUT2D eigenvalue weighted by molar-refractivity contribution is 5.73. The lowest BCUT2D eigenvalue weighted by Crippen LogP contribution is -2.41. The Labute approximate surface area is 109 Å². The monoisotopic (exact) mass is 246 g/mol. The molecule has 1 saturated heterocycles. The van der Waals surface area contributed by atoms with Crippen LogP contribution in [0.15, 0.2) is 30.3 Å². The molecule has 0 aliphatic carbocycles. The zero-order chi connectivity index (χ0) is 13.0. The first-order valence-electron chi connectivity index (χ1n) is 6.70. The van der Waals surface area contributed by atoms with Crippen molar-refractivity contribution in [2.45, 2.75) is 32.9 Å². The van der Waals surface area contributed by atoms with Crippen molar-refractivity contribution in [1.29, 1.82) is 0 Å². The Kier molecular flexibility index (Phi) is 4.37. The van der Waals surface area contributed by atoms with E-state index in [-0.39, 0.29) is 5.91 Å². The zero-order valence-electron chi connectivity index (χ0n) is 11.3. The van der Waals surface area contributed by atoms with E-state index in [2.05, 4.69) is 36.1 Å². The molecule has 1 heterocycles. The summed E-state index contributed by atoms with van der Waals surface area (Å²) >= 11 is 0. The minimum atomic E-state index is 0.198. The summed E-state index contributed by atoms with van der Waals surface area (Å²) in [6, 6.07) is 10.9. The highest BCUT2D eigenvalue weighted by Crippen LogP contribution is 2.13. The van der Waals surface area contributed by atoms with Crippen LogP contribution in [0.4, 0.5) is 0 Å². The number of amides is 1. The maximum Gasteiger partial charge on any atom is 0.219 e. The number of hydrogen-bond donors (Lipinski definition) is 0. The Bertz CT molecular complexity index is 391. The Morgan fingerprint density at radius 1 is 1.28 bits per heavy atom. The van der Waals surface area contributed by atoms with Crippen molar-refractivity contribution in [1.82, 2.24) is 9.80 Å². The van der Waals surface area contributed by atoms with Gasteiger partial charge in [-0.1, -0.05) is 30.3 Å². The van der Waals surface area contributed by atoms with Gasteiger partial charge in [0.05, 0.1) is 0 Å². The maximum absolute atomic E-state index is 11.5. The molecule has 0 aromatic heterocycles. The van der Waals surface area contributed by atoms with Crippen LogP contribution in [0.2, 0.25) is 0 Å². The second-order valence-corrected chi connectivity index (χ2v) is 5.14. The molecule has 2 rings (SSSR count). The number of carbonyl (C=O) groups excluding carboxylic acids is 1. The first-order valence-corrected chi connectivity index (χ1v) is 6.70. The molecule has 1 unspecified atom stereocenters. The van der Waals surface area contributed by atoms with Crippen molar-refractivity contribution >= 4 is 5.91 Å². The summed E-state index contributed by atoms with van der Waals surface area (Å²) in [5.41, 5.74) is 1.35. The molecule has 0 radical (unpaired) electrons. The molecule has 3 heteroatoms. The van der Waals surface area contributed by atoms with Gasteiger partial charge in [0, 0.05) is 39.1 Å². The standard InChI is InChI=1S/C15H22N2O/c1-13-11-16(9-6-10-17(13)14(2)18)12-15-7-4-3-5-8-15/h3-5,7-8,13H,6,9-12H2,1-2H3. The summed E-state index contributed by atoms with van der Waals surface area (Å²) in [4.78, 5) is 16.0. The summed E-state index contributed by atoms with van der Waals surface area (Å²) in [5.74, 6) is 0.198. The van der Waals surface area contributed by atoms with Gasteiger partial charge in [0.2, 0.25) is 5.91 Å². The van der Waals surface area contributed by atoms with E-state index in [4.69, 9.17) is 0 Å². The second-order valence-electron chi connectivity index (χ2n) is 5.14. The molecular weight excluding hydrogens is 224 g/mol. The largest absolute Gasteiger partial charge is 0.339 e. The fourth-order valence-electron chi connectivity index (χ4n) is 2.70. The Morgan fingerprint density at radius 2 is 2.00 bits per heavy atom. The van der Waals surface area contributed by atoms with Crippen LogP contribution in [-0.2, 0) is 11.3 Å². The van der Waals surface area contributed by atoms with Gasteiger partial charge in [0.25, 0.3) is 0 Å². The Balaban J connectivity index is 1.97. The summed E-state index contributed by atoms with van der Waals surface area (Å²) in [7, 11) is 0. The minimum absolute atomic E-state index is 0.198. The fraction of sp³-hybridized carbons (Fsp3) is 0.533. The van der Waals surface area contributed by atoms with E-state index >= 15 is 0 Å². The van der Waals surface area contributed by atoms with Crippen LogP contribution in [0.3, 0.4) is 0 Å². The molecule has 0 N–H and O–H groups in total. The predicted octanol–water partition coefficient (Wildman–Crippen LogP) is 2.13. The van der Waals surface area contributed by atoms with E-state index in [1.54, 1.807) is 6.92 Å². The van der Waals surface area contributed by atoms with Crippen molar-refractivity contribution < 1.29 is 4.79 Å². The third-order valence-corrected chi connectivity index (χ3v) is 3.58. The van der Waals surface area contributed by atoms with Crippen LogP contribution < -0.4 is 0 Å². The van der Waals surface area contributed by atoms with Gasteiger partial charge in [0.15, 0.2) is 0 Å². The third kappa shape index (κ3) is 3.33. The van der Waals surface area contributed by atoms with Crippen LogP contribution in [0.1, 0.15) is 25.8 Å². The van der Waals surface area contributed by atoms with Gasteiger partial charge in [-0.2, -0.15) is 0 Å². The van der Waals surface area contributed by atoms with Gasteiger partial charge in [-0.3, -0.25) is 9.69 Å². The van der Waals surface area contributed by atoms with Crippen LogP contribution in [-0.4, -0.2) is 41.4 Å². The molecule has 1 atom stereocenters. The van der Waals surface area contributed by atoms with Gasteiger partial charge in [0.1, 0.15) is 0 Å². The molecule has 1 aliphatic heterocycles. The van der Waals surface area contributed by atoms with E-state index in [0.717, 1.165) is 32.6 Å². The minimum Gasteiger partial charge on any atom is -0.339 e. The molecule has 1 aliphatic rings. The molecule has 3 nitrogen and oxygen atoms in total. The molecule has 0 saturated carbocycles. The van der Waals surface area contributed by atoms with Crippen LogP contribution in [0.25, 0.3) is 0 Å². The van der Waals surface area contributed by atoms with Gasteiger partial charge >= 0.3 is 0 Å². The lowest BCUT2D eigenvalue weighted by Gasteiger charge is -2.28. The van der Waals surface area contributed by atoms with Crippen molar-refractivity contribution in [3.05, 3.63) is 35.9 Å². The summed E-state index contributed by atoms with van der Waals surface area (Å²) in [5, 5.41) is 0. The number of nitrogens with zero attached hydrogens (tertiary/aromatic N) is 2. The summed E-state index contributed by atoms with van der Waals surface area (Å²) in [6.07, 6.45) is 1.07. The van der Waals surface area contributed by atoms with Gasteiger partial charge in [-0.05, 0) is 18.9 Å². The highest BCUT2D eigenvalue weighted by atomic mass is 16.2. The molecule has 18 heavy (non-hydrogen) atoms.